The highest BCUT2D eigenvalue weighted by Gasteiger charge is 2.33. The van der Waals surface area contributed by atoms with Crippen LogP contribution in [0.3, 0.4) is 0 Å². The summed E-state index contributed by atoms with van der Waals surface area (Å²) in [6.07, 6.45) is 1.51. The summed E-state index contributed by atoms with van der Waals surface area (Å²) < 4.78 is 5.63. The third kappa shape index (κ3) is 3.34. The highest BCUT2D eigenvalue weighted by molar-refractivity contribution is 6.30. The van der Waals surface area contributed by atoms with E-state index in [1.54, 1.807) is 13.3 Å². The molecule has 18 heavy (non-hydrogen) atoms. The molecule has 0 aliphatic rings. The molecule has 0 saturated carbocycles. The average Bonchev–Trinajstić information content (AvgIpc) is 2.27. The summed E-state index contributed by atoms with van der Waals surface area (Å²) in [5.74, 6) is 0.477. The Bertz CT molecular complexity index is 404. The minimum Gasteiger partial charge on any atom is -0.383 e. The van der Waals surface area contributed by atoms with Crippen molar-refractivity contribution in [2.24, 2.45) is 5.41 Å². The van der Waals surface area contributed by atoms with E-state index in [4.69, 9.17) is 22.1 Å². The van der Waals surface area contributed by atoms with Crippen LogP contribution < -0.4 is 11.1 Å². The molecule has 0 amide bonds. The average molecular weight is 272 g/mol. The lowest BCUT2D eigenvalue weighted by atomic mass is 9.82. The summed E-state index contributed by atoms with van der Waals surface area (Å²) in [5, 5.41) is 3.81. The summed E-state index contributed by atoms with van der Waals surface area (Å²) in [6, 6.07) is 1.78. The van der Waals surface area contributed by atoms with Crippen molar-refractivity contribution >= 4 is 17.4 Å². The molecule has 1 aromatic heterocycles. The molecule has 2 unspecified atom stereocenters. The SMILES string of the molecule is CNC(c1cc(Cl)cnc1N)C(OC)C(C)(C)C. The Morgan fingerprint density at radius 1 is 1.44 bits per heavy atom. The second-order valence-corrected chi connectivity index (χ2v) is 5.85. The van der Waals surface area contributed by atoms with Crippen LogP contribution in [0.15, 0.2) is 12.3 Å². The number of nitrogen functional groups attached to an aromatic ring is 1. The first-order chi connectivity index (χ1) is 8.31. The van der Waals surface area contributed by atoms with Crippen LogP contribution in [0.4, 0.5) is 5.82 Å². The van der Waals surface area contributed by atoms with E-state index in [1.165, 1.54) is 0 Å². The second-order valence-electron chi connectivity index (χ2n) is 5.42. The molecule has 0 fully saturated rings. The standard InChI is InChI=1S/C13H22ClN3O/c1-13(2,3)11(18-5)10(16-4)9-6-8(14)7-17-12(9)15/h6-7,10-11,16H,1-5H3,(H2,15,17). The third-order valence-electron chi connectivity index (χ3n) is 2.97. The van der Waals surface area contributed by atoms with E-state index >= 15 is 0 Å². The van der Waals surface area contributed by atoms with Crippen molar-refractivity contribution in [3.63, 3.8) is 0 Å². The first-order valence-corrected chi connectivity index (χ1v) is 6.30. The van der Waals surface area contributed by atoms with Gasteiger partial charge in [0, 0.05) is 18.9 Å². The molecule has 2 atom stereocenters. The van der Waals surface area contributed by atoms with Gasteiger partial charge >= 0.3 is 0 Å². The van der Waals surface area contributed by atoms with Gasteiger partial charge in [-0.3, -0.25) is 0 Å². The molecule has 0 aliphatic heterocycles. The molecule has 0 radical (unpaired) electrons. The Kier molecular flexibility index (Phi) is 4.96. The van der Waals surface area contributed by atoms with E-state index in [-0.39, 0.29) is 17.6 Å². The number of aromatic nitrogens is 1. The fourth-order valence-corrected chi connectivity index (χ4v) is 2.34. The molecule has 102 valence electrons. The number of nitrogens with zero attached hydrogens (tertiary/aromatic N) is 1. The number of rotatable bonds is 4. The number of likely N-dealkylation sites (N-methyl/N-ethyl adjacent to an activating group) is 1. The molecule has 0 bridgehead atoms. The first-order valence-electron chi connectivity index (χ1n) is 5.92. The van der Waals surface area contributed by atoms with Gasteiger partial charge in [-0.05, 0) is 18.5 Å². The van der Waals surface area contributed by atoms with Crippen LogP contribution in [-0.4, -0.2) is 25.2 Å². The Balaban J connectivity index is 3.19. The largest absolute Gasteiger partial charge is 0.383 e. The molecule has 3 N–H and O–H groups in total. The highest BCUT2D eigenvalue weighted by atomic mass is 35.5. The molecule has 1 rings (SSSR count). The Labute approximate surface area is 114 Å². The minimum atomic E-state index is -0.0544. The van der Waals surface area contributed by atoms with Gasteiger partial charge in [-0.1, -0.05) is 32.4 Å². The van der Waals surface area contributed by atoms with Gasteiger partial charge in [-0.15, -0.1) is 0 Å². The summed E-state index contributed by atoms with van der Waals surface area (Å²) in [6.45, 7) is 6.37. The summed E-state index contributed by atoms with van der Waals surface area (Å²) >= 11 is 5.99. The number of nitrogens with one attached hydrogen (secondary N) is 1. The molecule has 1 heterocycles. The van der Waals surface area contributed by atoms with Gasteiger partial charge in [0.2, 0.25) is 0 Å². The lowest BCUT2D eigenvalue weighted by Crippen LogP contribution is -2.40. The molecule has 5 heteroatoms. The van der Waals surface area contributed by atoms with Gasteiger partial charge in [0.05, 0.1) is 17.2 Å². The maximum atomic E-state index is 5.99. The van der Waals surface area contributed by atoms with Crippen LogP contribution in [0.2, 0.25) is 5.02 Å². The molecule has 1 aromatic rings. The topological polar surface area (TPSA) is 60.2 Å². The van der Waals surface area contributed by atoms with E-state index in [0.717, 1.165) is 5.56 Å². The van der Waals surface area contributed by atoms with Gasteiger partial charge in [0.1, 0.15) is 5.82 Å². The molecule has 0 saturated heterocycles. The minimum absolute atomic E-state index is 0.0306. The van der Waals surface area contributed by atoms with Crippen molar-refractivity contribution in [1.29, 1.82) is 0 Å². The Hall–Kier alpha value is -0.840. The van der Waals surface area contributed by atoms with Crippen molar-refractivity contribution in [3.05, 3.63) is 22.8 Å². The third-order valence-corrected chi connectivity index (χ3v) is 3.18. The maximum absolute atomic E-state index is 5.99. The van der Waals surface area contributed by atoms with Crippen LogP contribution in [0.25, 0.3) is 0 Å². The smallest absolute Gasteiger partial charge is 0.128 e. The summed E-state index contributed by atoms with van der Waals surface area (Å²) in [5.41, 5.74) is 6.77. The predicted octanol–water partition coefficient (Wildman–Crippen LogP) is 2.64. The van der Waals surface area contributed by atoms with Crippen LogP contribution in [0, 0.1) is 5.41 Å². The number of nitrogens with two attached hydrogens (primary N) is 1. The van der Waals surface area contributed by atoms with Gasteiger partial charge in [0.15, 0.2) is 0 Å². The number of methoxy groups -OCH3 is 1. The van der Waals surface area contributed by atoms with Crippen molar-refractivity contribution in [3.8, 4) is 0 Å². The van der Waals surface area contributed by atoms with Gasteiger partial charge in [-0.2, -0.15) is 0 Å². The maximum Gasteiger partial charge on any atom is 0.128 e. The predicted molar refractivity (Wildman–Crippen MR) is 75.7 cm³/mol. The second kappa shape index (κ2) is 5.87. The van der Waals surface area contributed by atoms with Gasteiger partial charge in [-0.25, -0.2) is 4.98 Å². The number of ether oxygens (including phenoxy) is 1. The number of pyridine rings is 1. The number of anilines is 1. The molecule has 0 aliphatic carbocycles. The number of hydrogen-bond donors (Lipinski definition) is 2. The highest BCUT2D eigenvalue weighted by Crippen LogP contribution is 2.34. The normalized spacial score (nSPS) is 15.4. The van der Waals surface area contributed by atoms with Crippen LogP contribution in [0.1, 0.15) is 32.4 Å². The van der Waals surface area contributed by atoms with Crippen molar-refractivity contribution in [1.82, 2.24) is 10.3 Å². The van der Waals surface area contributed by atoms with Crippen LogP contribution in [0.5, 0.6) is 0 Å². The van der Waals surface area contributed by atoms with Crippen LogP contribution >= 0.6 is 11.6 Å². The van der Waals surface area contributed by atoms with Crippen molar-refractivity contribution in [2.75, 3.05) is 19.9 Å². The van der Waals surface area contributed by atoms with Crippen molar-refractivity contribution in [2.45, 2.75) is 32.9 Å². The van der Waals surface area contributed by atoms with Crippen LogP contribution in [-0.2, 0) is 4.74 Å². The lowest BCUT2D eigenvalue weighted by molar-refractivity contribution is -0.0100. The first kappa shape index (κ1) is 15.2. The monoisotopic (exact) mass is 271 g/mol. The van der Waals surface area contributed by atoms with Crippen molar-refractivity contribution < 1.29 is 4.74 Å². The summed E-state index contributed by atoms with van der Waals surface area (Å²) in [7, 11) is 3.58. The zero-order valence-electron chi connectivity index (χ0n) is 11.6. The van der Waals surface area contributed by atoms with E-state index in [9.17, 15) is 0 Å². The molecule has 0 spiro atoms. The van der Waals surface area contributed by atoms with E-state index < -0.39 is 0 Å². The Morgan fingerprint density at radius 3 is 2.50 bits per heavy atom. The van der Waals surface area contributed by atoms with E-state index in [1.807, 2.05) is 13.1 Å². The molecule has 0 aromatic carbocycles. The van der Waals surface area contributed by atoms with Gasteiger partial charge in [0.25, 0.3) is 0 Å². The van der Waals surface area contributed by atoms with Gasteiger partial charge < -0.3 is 15.8 Å². The zero-order valence-corrected chi connectivity index (χ0v) is 12.4. The number of hydrogen-bond acceptors (Lipinski definition) is 4. The Morgan fingerprint density at radius 2 is 2.06 bits per heavy atom. The lowest BCUT2D eigenvalue weighted by Gasteiger charge is -2.36. The molecular formula is C13H22ClN3O. The fraction of sp³-hybridized carbons (Fsp3) is 0.615. The number of halogens is 1. The zero-order chi connectivity index (χ0) is 13.9. The van der Waals surface area contributed by atoms with E-state index in [0.29, 0.717) is 10.8 Å². The quantitative estimate of drug-likeness (QED) is 0.884. The molecular weight excluding hydrogens is 250 g/mol. The molecule has 4 nitrogen and oxygen atoms in total. The summed E-state index contributed by atoms with van der Waals surface area (Å²) in [4.78, 5) is 4.10. The fourth-order valence-electron chi connectivity index (χ4n) is 2.17. The van der Waals surface area contributed by atoms with E-state index in [2.05, 4.69) is 31.1 Å².